The standard InChI is InChI=1S/C21H31N3O4.H2/c1-4-26-11-12-28-14-13-27-10-9-22-21(25)20-7-5-19(6-8-20)18(3)24-16-17(2)15-23-24;/h5-8,15-16,18H,4,9-14H2,1-3H3,(H,22,25);1H. The van der Waals surface area contributed by atoms with E-state index < -0.39 is 0 Å². The molecule has 156 valence electrons. The van der Waals surface area contributed by atoms with Crippen molar-refractivity contribution in [1.82, 2.24) is 15.1 Å². The number of carbonyl (C=O) groups excluding carboxylic acids is 1. The quantitative estimate of drug-likeness (QED) is 0.532. The first-order valence-corrected chi connectivity index (χ1v) is 9.74. The summed E-state index contributed by atoms with van der Waals surface area (Å²) < 4.78 is 17.9. The van der Waals surface area contributed by atoms with Gasteiger partial charge in [-0.15, -0.1) is 0 Å². The molecule has 1 aromatic carbocycles. The second kappa shape index (κ2) is 12.3. The molecule has 1 heterocycles. The predicted molar refractivity (Wildman–Crippen MR) is 110 cm³/mol. The van der Waals surface area contributed by atoms with Crippen molar-refractivity contribution in [1.29, 1.82) is 0 Å². The Bertz CT molecular complexity index is 706. The molecule has 0 aliphatic rings. The van der Waals surface area contributed by atoms with E-state index in [1.54, 1.807) is 0 Å². The number of hydrogen-bond donors (Lipinski definition) is 1. The number of nitrogens with one attached hydrogen (secondary N) is 1. The van der Waals surface area contributed by atoms with E-state index in [1.807, 2.05) is 55.2 Å². The van der Waals surface area contributed by atoms with E-state index in [-0.39, 0.29) is 13.4 Å². The van der Waals surface area contributed by atoms with Crippen LogP contribution in [0.15, 0.2) is 36.7 Å². The summed E-state index contributed by atoms with van der Waals surface area (Å²) in [4.78, 5) is 12.2. The van der Waals surface area contributed by atoms with E-state index in [2.05, 4.69) is 17.3 Å². The molecule has 1 amide bonds. The van der Waals surface area contributed by atoms with Crippen LogP contribution in [0.25, 0.3) is 0 Å². The minimum Gasteiger partial charge on any atom is -0.379 e. The summed E-state index contributed by atoms with van der Waals surface area (Å²) in [6.07, 6.45) is 3.85. The Kier molecular flexibility index (Phi) is 9.68. The monoisotopic (exact) mass is 391 g/mol. The van der Waals surface area contributed by atoms with Gasteiger partial charge < -0.3 is 19.5 Å². The Balaban J connectivity index is 0.00000420. The van der Waals surface area contributed by atoms with Crippen molar-refractivity contribution in [2.75, 3.05) is 46.2 Å². The Morgan fingerprint density at radius 2 is 1.75 bits per heavy atom. The molecule has 2 rings (SSSR count). The number of amides is 1. The molecule has 1 N–H and O–H groups in total. The van der Waals surface area contributed by atoms with E-state index in [4.69, 9.17) is 14.2 Å². The Hall–Kier alpha value is -2.22. The lowest BCUT2D eigenvalue weighted by Crippen LogP contribution is -2.27. The molecule has 0 radical (unpaired) electrons. The van der Waals surface area contributed by atoms with Gasteiger partial charge in [0.15, 0.2) is 0 Å². The van der Waals surface area contributed by atoms with E-state index in [0.29, 0.717) is 51.7 Å². The maximum atomic E-state index is 12.2. The minimum atomic E-state index is -0.106. The largest absolute Gasteiger partial charge is 0.379 e. The van der Waals surface area contributed by atoms with Gasteiger partial charge in [-0.25, -0.2) is 0 Å². The number of nitrogens with zero attached hydrogens (tertiary/aromatic N) is 2. The van der Waals surface area contributed by atoms with E-state index in [0.717, 1.165) is 11.1 Å². The molecule has 0 spiro atoms. The van der Waals surface area contributed by atoms with Gasteiger partial charge in [0.2, 0.25) is 0 Å². The summed E-state index contributed by atoms with van der Waals surface area (Å²) in [6.45, 7) is 9.87. The van der Waals surface area contributed by atoms with Crippen molar-refractivity contribution in [2.45, 2.75) is 26.8 Å². The SMILES string of the molecule is CCOCCOCCOCCNC(=O)c1ccc(C(C)n2cc(C)cn2)cc1.[HH]. The third kappa shape index (κ3) is 7.42. The Morgan fingerprint density at radius 1 is 1.11 bits per heavy atom. The van der Waals surface area contributed by atoms with Gasteiger partial charge in [-0.3, -0.25) is 9.48 Å². The topological polar surface area (TPSA) is 74.6 Å². The first-order valence-electron chi connectivity index (χ1n) is 9.74. The van der Waals surface area contributed by atoms with Crippen molar-refractivity contribution in [2.24, 2.45) is 0 Å². The molecule has 0 fully saturated rings. The van der Waals surface area contributed by atoms with Crippen LogP contribution >= 0.6 is 0 Å². The van der Waals surface area contributed by atoms with Crippen molar-refractivity contribution in [3.63, 3.8) is 0 Å². The predicted octanol–water partition coefficient (Wildman–Crippen LogP) is 2.85. The van der Waals surface area contributed by atoms with Crippen LogP contribution in [0.4, 0.5) is 0 Å². The van der Waals surface area contributed by atoms with E-state index >= 15 is 0 Å². The minimum absolute atomic E-state index is 0. The lowest BCUT2D eigenvalue weighted by atomic mass is 10.1. The van der Waals surface area contributed by atoms with Gasteiger partial charge in [0, 0.05) is 26.3 Å². The number of carbonyl (C=O) groups is 1. The molecule has 2 aromatic rings. The third-order valence-electron chi connectivity index (χ3n) is 4.26. The molecule has 7 heteroatoms. The van der Waals surface area contributed by atoms with Gasteiger partial charge in [-0.2, -0.15) is 5.10 Å². The van der Waals surface area contributed by atoms with Gasteiger partial charge in [0.05, 0.1) is 45.3 Å². The number of benzene rings is 1. The van der Waals surface area contributed by atoms with Gasteiger partial charge in [-0.05, 0) is 44.0 Å². The first kappa shape index (κ1) is 22.1. The average Bonchev–Trinajstić information content (AvgIpc) is 3.15. The highest BCUT2D eigenvalue weighted by molar-refractivity contribution is 5.94. The van der Waals surface area contributed by atoms with Crippen LogP contribution in [0, 0.1) is 6.92 Å². The smallest absolute Gasteiger partial charge is 0.251 e. The van der Waals surface area contributed by atoms with Crippen LogP contribution in [0.3, 0.4) is 0 Å². The van der Waals surface area contributed by atoms with Crippen LogP contribution in [0.1, 0.15) is 42.8 Å². The molecule has 7 nitrogen and oxygen atoms in total. The van der Waals surface area contributed by atoms with Crippen LogP contribution < -0.4 is 5.32 Å². The fourth-order valence-corrected chi connectivity index (χ4v) is 2.63. The second-order valence-electron chi connectivity index (χ2n) is 6.47. The van der Waals surface area contributed by atoms with E-state index in [1.165, 1.54) is 0 Å². The lowest BCUT2D eigenvalue weighted by Gasteiger charge is -2.13. The molecule has 1 atom stereocenters. The zero-order valence-electron chi connectivity index (χ0n) is 17.0. The van der Waals surface area contributed by atoms with Crippen LogP contribution in [-0.2, 0) is 14.2 Å². The second-order valence-corrected chi connectivity index (χ2v) is 6.47. The summed E-state index contributed by atoms with van der Waals surface area (Å²) in [7, 11) is 0. The van der Waals surface area contributed by atoms with Crippen molar-refractivity contribution >= 4 is 5.91 Å². The molecular weight excluding hydrogens is 358 g/mol. The van der Waals surface area contributed by atoms with Gasteiger partial charge in [-0.1, -0.05) is 12.1 Å². The summed E-state index contributed by atoms with van der Waals surface area (Å²) in [5.41, 5.74) is 2.86. The van der Waals surface area contributed by atoms with Crippen LogP contribution in [-0.4, -0.2) is 61.9 Å². The number of aromatic nitrogens is 2. The van der Waals surface area contributed by atoms with Gasteiger partial charge in [0.1, 0.15) is 0 Å². The maximum absolute atomic E-state index is 12.2. The average molecular weight is 392 g/mol. The molecule has 28 heavy (non-hydrogen) atoms. The Labute approximate surface area is 168 Å². The number of hydrogen-bond acceptors (Lipinski definition) is 5. The maximum Gasteiger partial charge on any atom is 0.251 e. The molecule has 0 saturated carbocycles. The summed E-state index contributed by atoms with van der Waals surface area (Å²) in [6, 6.07) is 7.73. The molecule has 0 aliphatic heterocycles. The van der Waals surface area contributed by atoms with Gasteiger partial charge >= 0.3 is 0 Å². The highest BCUT2D eigenvalue weighted by atomic mass is 16.5. The number of rotatable bonds is 13. The highest BCUT2D eigenvalue weighted by Crippen LogP contribution is 2.18. The molecule has 0 bridgehead atoms. The van der Waals surface area contributed by atoms with Crippen LogP contribution in [0.5, 0.6) is 0 Å². The number of ether oxygens (including phenoxy) is 3. The fourth-order valence-electron chi connectivity index (χ4n) is 2.63. The normalized spacial score (nSPS) is 12.1. The molecular formula is C21H33N3O4. The molecule has 1 unspecified atom stereocenters. The Morgan fingerprint density at radius 3 is 2.36 bits per heavy atom. The lowest BCUT2D eigenvalue weighted by molar-refractivity contribution is 0.0175. The first-order chi connectivity index (χ1) is 13.6. The molecule has 1 aromatic heterocycles. The zero-order valence-corrected chi connectivity index (χ0v) is 17.0. The van der Waals surface area contributed by atoms with Crippen molar-refractivity contribution in [3.8, 4) is 0 Å². The zero-order chi connectivity index (χ0) is 20.2. The molecule has 0 saturated heterocycles. The third-order valence-corrected chi connectivity index (χ3v) is 4.26. The summed E-state index contributed by atoms with van der Waals surface area (Å²) in [5.74, 6) is -0.106. The van der Waals surface area contributed by atoms with Crippen molar-refractivity contribution < 1.29 is 20.4 Å². The van der Waals surface area contributed by atoms with E-state index in [9.17, 15) is 4.79 Å². The fraction of sp³-hybridized carbons (Fsp3) is 0.524. The number of aryl methyl sites for hydroxylation is 1. The summed E-state index contributed by atoms with van der Waals surface area (Å²) >= 11 is 0. The highest BCUT2D eigenvalue weighted by Gasteiger charge is 2.10. The van der Waals surface area contributed by atoms with Crippen molar-refractivity contribution in [3.05, 3.63) is 53.3 Å². The van der Waals surface area contributed by atoms with Gasteiger partial charge in [0.25, 0.3) is 5.91 Å². The molecule has 0 aliphatic carbocycles. The van der Waals surface area contributed by atoms with Crippen LogP contribution in [0.2, 0.25) is 0 Å². The summed E-state index contributed by atoms with van der Waals surface area (Å²) in [5, 5.41) is 7.21.